The molecule has 8 nitrogen and oxygen atoms in total. The summed E-state index contributed by atoms with van der Waals surface area (Å²) in [6, 6.07) is 9.07. The topological polar surface area (TPSA) is 93.1 Å². The number of benzene rings is 1. The normalized spacial score (nSPS) is 13.4. The Balaban J connectivity index is 1.85. The van der Waals surface area contributed by atoms with Crippen molar-refractivity contribution in [1.82, 2.24) is 19.0 Å². The summed E-state index contributed by atoms with van der Waals surface area (Å²) in [5.74, 6) is -0.318. The van der Waals surface area contributed by atoms with Crippen LogP contribution in [0.1, 0.15) is 42.4 Å². The van der Waals surface area contributed by atoms with Crippen molar-refractivity contribution in [3.8, 4) is 17.2 Å². The summed E-state index contributed by atoms with van der Waals surface area (Å²) in [7, 11) is 0. The fourth-order valence-electron chi connectivity index (χ4n) is 3.74. The molecule has 0 radical (unpaired) electrons. The van der Waals surface area contributed by atoms with Gasteiger partial charge in [-0.1, -0.05) is 23.7 Å². The molecule has 0 aliphatic carbocycles. The van der Waals surface area contributed by atoms with Crippen molar-refractivity contribution in [2.24, 2.45) is 0 Å². The lowest BCUT2D eigenvalue weighted by Crippen LogP contribution is -2.41. The van der Waals surface area contributed by atoms with Crippen LogP contribution in [0.5, 0.6) is 0 Å². The van der Waals surface area contributed by atoms with E-state index in [2.05, 4.69) is 11.1 Å². The number of amides is 1. The molecule has 9 heteroatoms. The van der Waals surface area contributed by atoms with E-state index in [0.717, 1.165) is 0 Å². The molecule has 32 heavy (non-hydrogen) atoms. The highest BCUT2D eigenvalue weighted by atomic mass is 35.5. The number of hydrogen-bond acceptors (Lipinski definition) is 5. The van der Waals surface area contributed by atoms with Crippen molar-refractivity contribution in [3.63, 3.8) is 0 Å². The molecule has 1 aromatic carbocycles. The van der Waals surface area contributed by atoms with Gasteiger partial charge in [-0.15, -0.1) is 0 Å². The van der Waals surface area contributed by atoms with E-state index in [-0.39, 0.29) is 12.5 Å². The molecule has 0 unspecified atom stereocenters. The first kappa shape index (κ1) is 21.7. The third kappa shape index (κ3) is 3.99. The lowest BCUT2D eigenvalue weighted by atomic mass is 10.00. The minimum absolute atomic E-state index is 0.169. The van der Waals surface area contributed by atoms with Crippen molar-refractivity contribution in [2.75, 3.05) is 6.54 Å². The summed E-state index contributed by atoms with van der Waals surface area (Å²) in [5, 5.41) is 9.72. The molecule has 1 amide bonds. The molecule has 164 valence electrons. The Labute approximate surface area is 190 Å². The van der Waals surface area contributed by atoms with Gasteiger partial charge in [-0.25, -0.2) is 9.78 Å². The van der Waals surface area contributed by atoms with Gasteiger partial charge in [0.05, 0.1) is 29.4 Å². The zero-order chi connectivity index (χ0) is 23.0. The van der Waals surface area contributed by atoms with Crippen molar-refractivity contribution in [2.45, 2.75) is 39.5 Å². The summed E-state index contributed by atoms with van der Waals surface area (Å²) in [6.45, 7) is 6.40. The zero-order valence-corrected chi connectivity index (χ0v) is 18.8. The first-order chi connectivity index (χ1) is 15.2. The number of hydrogen-bond donors (Lipinski definition) is 0. The van der Waals surface area contributed by atoms with E-state index in [1.807, 2.05) is 31.4 Å². The fourth-order valence-corrected chi connectivity index (χ4v) is 4.13. The predicted octanol–water partition coefficient (Wildman–Crippen LogP) is 4.32. The third-order valence-electron chi connectivity index (χ3n) is 5.13. The quantitative estimate of drug-likeness (QED) is 0.578. The first-order valence-corrected chi connectivity index (χ1v) is 10.5. The molecule has 0 N–H and O–H groups in total. The van der Waals surface area contributed by atoms with E-state index in [0.29, 0.717) is 46.2 Å². The highest BCUT2D eigenvalue weighted by Gasteiger charge is 2.34. The van der Waals surface area contributed by atoms with Gasteiger partial charge < -0.3 is 14.2 Å². The van der Waals surface area contributed by atoms with Gasteiger partial charge in [-0.05, 0) is 38.5 Å². The van der Waals surface area contributed by atoms with Crippen molar-refractivity contribution >= 4 is 23.6 Å². The number of rotatable bonds is 2. The molecule has 0 saturated carbocycles. The molecule has 0 fully saturated rings. The Morgan fingerprint density at radius 1 is 1.25 bits per heavy atom. The van der Waals surface area contributed by atoms with Gasteiger partial charge in [0, 0.05) is 31.0 Å². The second-order valence-electron chi connectivity index (χ2n) is 8.51. The van der Waals surface area contributed by atoms with E-state index in [1.165, 1.54) is 17.1 Å². The maximum atomic E-state index is 13.5. The van der Waals surface area contributed by atoms with Crippen LogP contribution in [-0.4, -0.2) is 43.2 Å². The van der Waals surface area contributed by atoms with Crippen molar-refractivity contribution in [1.29, 1.82) is 5.26 Å². The van der Waals surface area contributed by atoms with Crippen LogP contribution in [-0.2, 0) is 17.8 Å². The second kappa shape index (κ2) is 8.17. The van der Waals surface area contributed by atoms with Crippen LogP contribution < -0.4 is 0 Å². The molecule has 4 rings (SSSR count). The largest absolute Gasteiger partial charge is 0.444 e. The van der Waals surface area contributed by atoms with Crippen LogP contribution in [0.25, 0.3) is 11.1 Å². The number of carbonyl (C=O) groups excluding carboxylic acids is 2. The number of fused-ring (bicyclic) bond motifs is 1. The summed E-state index contributed by atoms with van der Waals surface area (Å²) in [6.07, 6.45) is 4.05. The standard InChI is InChI=1S/C23H22ClN5O3/c1-23(2,3)32-22(31)27-9-10-29-17(13-27)19(21(30)28-8-7-26-14-28)18(20(29)24)16-6-4-5-15(11-16)12-25/h4-8,11,14H,9-10,13H2,1-3H3. The average molecular weight is 452 g/mol. The molecule has 3 heterocycles. The maximum Gasteiger partial charge on any atom is 0.410 e. The van der Waals surface area contributed by atoms with E-state index in [4.69, 9.17) is 16.3 Å². The number of imidazole rings is 1. The van der Waals surface area contributed by atoms with Crippen LogP contribution in [0.2, 0.25) is 5.15 Å². The number of ether oxygens (including phenoxy) is 1. The molecule has 0 bridgehead atoms. The van der Waals surface area contributed by atoms with Gasteiger partial charge in [0.25, 0.3) is 5.91 Å². The first-order valence-electron chi connectivity index (χ1n) is 10.1. The number of aromatic nitrogens is 3. The molecule has 1 aliphatic heterocycles. The summed E-state index contributed by atoms with van der Waals surface area (Å²) >= 11 is 6.78. The van der Waals surface area contributed by atoms with Crippen LogP contribution in [0.3, 0.4) is 0 Å². The molecule has 2 aromatic heterocycles. The van der Waals surface area contributed by atoms with Crippen molar-refractivity contribution < 1.29 is 14.3 Å². The average Bonchev–Trinajstić information content (AvgIpc) is 3.39. The highest BCUT2D eigenvalue weighted by Crippen LogP contribution is 2.39. The summed E-state index contributed by atoms with van der Waals surface area (Å²) < 4.78 is 8.75. The maximum absolute atomic E-state index is 13.5. The van der Waals surface area contributed by atoms with Crippen LogP contribution >= 0.6 is 11.6 Å². The van der Waals surface area contributed by atoms with Gasteiger partial charge in [-0.3, -0.25) is 9.36 Å². The summed E-state index contributed by atoms with van der Waals surface area (Å²) in [4.78, 5) is 31.7. The molecule has 0 atom stereocenters. The molecule has 1 aliphatic rings. The van der Waals surface area contributed by atoms with E-state index < -0.39 is 11.7 Å². The Bertz CT molecular complexity index is 1230. The predicted molar refractivity (Wildman–Crippen MR) is 118 cm³/mol. The monoisotopic (exact) mass is 451 g/mol. The number of nitriles is 1. The van der Waals surface area contributed by atoms with Gasteiger partial charge >= 0.3 is 6.09 Å². The zero-order valence-electron chi connectivity index (χ0n) is 18.0. The number of nitrogens with zero attached hydrogens (tertiary/aromatic N) is 5. The SMILES string of the molecule is CC(C)(C)OC(=O)N1CCn2c(Cl)c(-c3cccc(C#N)c3)c(C(=O)n3ccnc3)c2C1. The van der Waals surface area contributed by atoms with E-state index in [1.54, 1.807) is 29.3 Å². The number of carbonyl (C=O) groups is 2. The van der Waals surface area contributed by atoms with Crippen molar-refractivity contribution in [3.05, 3.63) is 65.0 Å². The Morgan fingerprint density at radius 2 is 2.03 bits per heavy atom. The van der Waals surface area contributed by atoms with Crippen LogP contribution in [0, 0.1) is 11.3 Å². The Kier molecular flexibility index (Phi) is 5.53. The molecular formula is C23H22ClN5O3. The highest BCUT2D eigenvalue weighted by molar-refractivity contribution is 6.34. The minimum atomic E-state index is -0.632. The minimum Gasteiger partial charge on any atom is -0.444 e. The lowest BCUT2D eigenvalue weighted by molar-refractivity contribution is 0.0198. The third-order valence-corrected chi connectivity index (χ3v) is 5.52. The summed E-state index contributed by atoms with van der Waals surface area (Å²) in [5.41, 5.74) is 2.00. The van der Waals surface area contributed by atoms with Crippen LogP contribution in [0.15, 0.2) is 43.0 Å². The second-order valence-corrected chi connectivity index (χ2v) is 8.87. The molecule has 0 spiro atoms. The number of halogens is 1. The van der Waals surface area contributed by atoms with Gasteiger partial charge in [0.1, 0.15) is 17.1 Å². The molecular weight excluding hydrogens is 430 g/mol. The molecule has 3 aromatic rings. The lowest BCUT2D eigenvalue weighted by Gasteiger charge is -2.31. The Hall–Kier alpha value is -3.57. The van der Waals surface area contributed by atoms with Gasteiger partial charge in [-0.2, -0.15) is 5.26 Å². The van der Waals surface area contributed by atoms with Gasteiger partial charge in [0.15, 0.2) is 0 Å². The smallest absolute Gasteiger partial charge is 0.410 e. The van der Waals surface area contributed by atoms with E-state index in [9.17, 15) is 14.9 Å². The van der Waals surface area contributed by atoms with Gasteiger partial charge in [0.2, 0.25) is 0 Å². The van der Waals surface area contributed by atoms with Crippen LogP contribution in [0.4, 0.5) is 4.79 Å². The van der Waals surface area contributed by atoms with E-state index >= 15 is 0 Å². The molecule has 0 saturated heterocycles. The Morgan fingerprint density at radius 3 is 2.69 bits per heavy atom. The fraction of sp³-hybridized carbons (Fsp3) is 0.304.